The highest BCUT2D eigenvalue weighted by atomic mass is 79.9. The first-order valence-corrected chi connectivity index (χ1v) is 4.93. The number of rotatable bonds is 0. The fourth-order valence-corrected chi connectivity index (χ4v) is 1.92. The van der Waals surface area contributed by atoms with Crippen LogP contribution in [0.4, 0.5) is 0 Å². The molecule has 62 valence electrons. The lowest BCUT2D eigenvalue weighted by molar-refractivity contribution is 1.04. The molecule has 3 nitrogen and oxygen atoms in total. The van der Waals surface area contributed by atoms with Crippen molar-refractivity contribution >= 4 is 37.5 Å². The Bertz CT molecular complexity index is 435. The molecule has 0 N–H and O–H groups in total. The maximum absolute atomic E-state index is 4.23. The first kappa shape index (κ1) is 8.19. The zero-order valence-electron chi connectivity index (χ0n) is 6.25. The molecule has 0 aliphatic rings. The van der Waals surface area contributed by atoms with Crippen LogP contribution in [0.15, 0.2) is 21.6 Å². The molecule has 0 bridgehead atoms. The van der Waals surface area contributed by atoms with Gasteiger partial charge in [0, 0.05) is 6.20 Å². The first-order chi connectivity index (χ1) is 5.68. The molecular formula is C7H5Br2N3. The second-order valence-corrected chi connectivity index (χ2v) is 4.05. The summed E-state index contributed by atoms with van der Waals surface area (Å²) in [4.78, 5) is 8.42. The van der Waals surface area contributed by atoms with E-state index in [4.69, 9.17) is 0 Å². The van der Waals surface area contributed by atoms with E-state index < -0.39 is 0 Å². The number of imidazole rings is 1. The summed E-state index contributed by atoms with van der Waals surface area (Å²) in [6, 6.07) is 0. The number of hydrogen-bond donors (Lipinski definition) is 0. The van der Waals surface area contributed by atoms with Gasteiger partial charge in [0.1, 0.15) is 9.21 Å². The smallest absolute Gasteiger partial charge is 0.159 e. The van der Waals surface area contributed by atoms with E-state index in [2.05, 4.69) is 41.8 Å². The van der Waals surface area contributed by atoms with Crippen molar-refractivity contribution in [1.29, 1.82) is 0 Å². The molecule has 0 amide bonds. The van der Waals surface area contributed by atoms with Crippen molar-refractivity contribution in [3.05, 3.63) is 27.3 Å². The van der Waals surface area contributed by atoms with Gasteiger partial charge in [-0.25, -0.2) is 9.97 Å². The maximum atomic E-state index is 4.23. The summed E-state index contributed by atoms with van der Waals surface area (Å²) < 4.78 is 3.68. The standard InChI is InChI=1S/C7H5Br2N3/c1-4-7-10-2-6(9)12(7)3-5(8)11-4/h2-3H,1H3. The number of aromatic nitrogens is 3. The molecule has 2 heterocycles. The number of nitrogens with zero attached hydrogens (tertiary/aromatic N) is 3. The predicted molar refractivity (Wildman–Crippen MR) is 53.1 cm³/mol. The Balaban J connectivity index is 2.92. The number of halogens is 2. The number of hydrogen-bond acceptors (Lipinski definition) is 2. The van der Waals surface area contributed by atoms with Gasteiger partial charge < -0.3 is 0 Å². The Hall–Kier alpha value is -0.420. The van der Waals surface area contributed by atoms with Crippen LogP contribution in [0.2, 0.25) is 0 Å². The summed E-state index contributed by atoms with van der Waals surface area (Å²) in [7, 11) is 0. The van der Waals surface area contributed by atoms with Gasteiger partial charge in [0.15, 0.2) is 5.65 Å². The topological polar surface area (TPSA) is 30.2 Å². The van der Waals surface area contributed by atoms with Gasteiger partial charge in [0.2, 0.25) is 0 Å². The normalized spacial score (nSPS) is 10.9. The quantitative estimate of drug-likeness (QED) is 0.746. The minimum atomic E-state index is 0.811. The summed E-state index contributed by atoms with van der Waals surface area (Å²) >= 11 is 6.71. The minimum Gasteiger partial charge on any atom is -0.290 e. The molecule has 0 fully saturated rings. The average molecular weight is 291 g/mol. The second kappa shape index (κ2) is 2.81. The van der Waals surface area contributed by atoms with E-state index in [1.54, 1.807) is 6.20 Å². The van der Waals surface area contributed by atoms with Crippen LogP contribution in [0.25, 0.3) is 5.65 Å². The first-order valence-electron chi connectivity index (χ1n) is 3.34. The van der Waals surface area contributed by atoms with Gasteiger partial charge in [0.05, 0.1) is 11.9 Å². The summed E-state index contributed by atoms with van der Waals surface area (Å²) in [5, 5.41) is 0. The van der Waals surface area contributed by atoms with E-state index in [-0.39, 0.29) is 0 Å². The molecule has 0 aliphatic carbocycles. The van der Waals surface area contributed by atoms with Gasteiger partial charge in [-0.1, -0.05) is 0 Å². The zero-order valence-corrected chi connectivity index (χ0v) is 9.42. The zero-order chi connectivity index (χ0) is 8.72. The van der Waals surface area contributed by atoms with Gasteiger partial charge in [-0.05, 0) is 38.8 Å². The highest BCUT2D eigenvalue weighted by Crippen LogP contribution is 2.17. The summed E-state index contributed by atoms with van der Waals surface area (Å²) in [5.41, 5.74) is 1.79. The minimum absolute atomic E-state index is 0.811. The molecule has 2 rings (SSSR count). The number of fused-ring (bicyclic) bond motifs is 1. The third-order valence-corrected chi connectivity index (χ3v) is 2.55. The van der Waals surface area contributed by atoms with Crippen molar-refractivity contribution in [2.24, 2.45) is 0 Å². The average Bonchev–Trinajstić information content (AvgIpc) is 2.33. The van der Waals surface area contributed by atoms with Crippen LogP contribution in [0.3, 0.4) is 0 Å². The molecule has 0 atom stereocenters. The van der Waals surface area contributed by atoms with Crippen molar-refractivity contribution in [2.45, 2.75) is 6.92 Å². The molecule has 0 radical (unpaired) electrons. The lowest BCUT2D eigenvalue weighted by Crippen LogP contribution is -1.92. The Morgan fingerprint density at radius 3 is 2.92 bits per heavy atom. The van der Waals surface area contributed by atoms with Gasteiger partial charge in [-0.15, -0.1) is 0 Å². The third-order valence-electron chi connectivity index (χ3n) is 1.59. The molecule has 2 aromatic heterocycles. The third kappa shape index (κ3) is 1.17. The van der Waals surface area contributed by atoms with Crippen molar-refractivity contribution in [1.82, 2.24) is 14.4 Å². The van der Waals surface area contributed by atoms with Crippen LogP contribution in [-0.2, 0) is 0 Å². The van der Waals surface area contributed by atoms with Gasteiger partial charge in [-0.3, -0.25) is 4.40 Å². The summed E-state index contributed by atoms with van der Waals surface area (Å²) in [5.74, 6) is 0. The van der Waals surface area contributed by atoms with E-state index in [0.717, 1.165) is 20.5 Å². The molecule has 2 aromatic rings. The van der Waals surface area contributed by atoms with E-state index in [0.29, 0.717) is 0 Å². The SMILES string of the molecule is Cc1nc(Br)cn2c(Br)cnc12. The van der Waals surface area contributed by atoms with Crippen LogP contribution in [-0.4, -0.2) is 14.4 Å². The van der Waals surface area contributed by atoms with E-state index in [9.17, 15) is 0 Å². The Morgan fingerprint density at radius 2 is 2.17 bits per heavy atom. The van der Waals surface area contributed by atoms with E-state index in [1.807, 2.05) is 17.5 Å². The molecule has 0 saturated heterocycles. The summed E-state index contributed by atoms with van der Waals surface area (Å²) in [6.45, 7) is 1.93. The summed E-state index contributed by atoms with van der Waals surface area (Å²) in [6.07, 6.45) is 3.63. The molecule has 12 heavy (non-hydrogen) atoms. The van der Waals surface area contributed by atoms with Gasteiger partial charge in [-0.2, -0.15) is 0 Å². The maximum Gasteiger partial charge on any atom is 0.159 e. The van der Waals surface area contributed by atoms with Crippen molar-refractivity contribution in [3.63, 3.8) is 0 Å². The predicted octanol–water partition coefficient (Wildman–Crippen LogP) is 2.56. The van der Waals surface area contributed by atoms with E-state index in [1.165, 1.54) is 0 Å². The van der Waals surface area contributed by atoms with Crippen molar-refractivity contribution < 1.29 is 0 Å². The molecule has 0 aliphatic heterocycles. The van der Waals surface area contributed by atoms with Crippen LogP contribution in [0.1, 0.15) is 5.69 Å². The van der Waals surface area contributed by atoms with Crippen molar-refractivity contribution in [3.8, 4) is 0 Å². The Morgan fingerprint density at radius 1 is 1.42 bits per heavy atom. The molecule has 0 saturated carbocycles. The molecule has 0 spiro atoms. The fraction of sp³-hybridized carbons (Fsp3) is 0.143. The Kier molecular flexibility index (Phi) is 1.92. The van der Waals surface area contributed by atoms with E-state index >= 15 is 0 Å². The lowest BCUT2D eigenvalue weighted by Gasteiger charge is -1.98. The van der Waals surface area contributed by atoms with Crippen LogP contribution >= 0.6 is 31.9 Å². The molecular weight excluding hydrogens is 286 g/mol. The van der Waals surface area contributed by atoms with Crippen LogP contribution in [0, 0.1) is 6.92 Å². The highest BCUT2D eigenvalue weighted by molar-refractivity contribution is 9.10. The number of aryl methyl sites for hydroxylation is 1. The largest absolute Gasteiger partial charge is 0.290 e. The molecule has 0 unspecified atom stereocenters. The Labute approximate surface area is 86.1 Å². The van der Waals surface area contributed by atoms with Gasteiger partial charge >= 0.3 is 0 Å². The molecule has 0 aromatic carbocycles. The monoisotopic (exact) mass is 289 g/mol. The lowest BCUT2D eigenvalue weighted by atomic mass is 10.5. The highest BCUT2D eigenvalue weighted by Gasteiger charge is 2.04. The van der Waals surface area contributed by atoms with Crippen molar-refractivity contribution in [2.75, 3.05) is 0 Å². The van der Waals surface area contributed by atoms with Crippen LogP contribution in [0.5, 0.6) is 0 Å². The van der Waals surface area contributed by atoms with Gasteiger partial charge in [0.25, 0.3) is 0 Å². The second-order valence-electron chi connectivity index (χ2n) is 2.42. The van der Waals surface area contributed by atoms with Crippen LogP contribution < -0.4 is 0 Å². The fourth-order valence-electron chi connectivity index (χ4n) is 1.08. The molecule has 5 heteroatoms.